The van der Waals surface area contributed by atoms with Gasteiger partial charge in [0.15, 0.2) is 0 Å². The van der Waals surface area contributed by atoms with E-state index in [4.69, 9.17) is 4.74 Å². The lowest BCUT2D eigenvalue weighted by Gasteiger charge is -2.16. The van der Waals surface area contributed by atoms with Gasteiger partial charge < -0.3 is 15.4 Å². The molecule has 0 atom stereocenters. The largest absolute Gasteiger partial charge is 0.495 e. The number of hydrogen-bond acceptors (Lipinski definition) is 5. The molecule has 27 heavy (non-hydrogen) atoms. The molecule has 1 heterocycles. The van der Waals surface area contributed by atoms with Gasteiger partial charge >= 0.3 is 6.18 Å². The summed E-state index contributed by atoms with van der Waals surface area (Å²) in [5.41, 5.74) is 0.0596. The average molecular weight is 486 g/mol. The zero-order valence-electron chi connectivity index (χ0n) is 14.0. The predicted molar refractivity (Wildman–Crippen MR) is 106 cm³/mol. The van der Waals surface area contributed by atoms with E-state index in [-0.39, 0.29) is 11.8 Å². The van der Waals surface area contributed by atoms with E-state index in [0.29, 0.717) is 17.1 Å². The minimum absolute atomic E-state index is 0.0432. The number of benzene rings is 2. The third-order valence-corrected chi connectivity index (χ3v) is 4.27. The van der Waals surface area contributed by atoms with Crippen LogP contribution in [0.5, 0.6) is 5.75 Å². The van der Waals surface area contributed by atoms with Gasteiger partial charge in [-0.1, -0.05) is 12.1 Å². The van der Waals surface area contributed by atoms with Gasteiger partial charge in [0.2, 0.25) is 5.95 Å². The maximum absolute atomic E-state index is 13.4. The first-order valence-electron chi connectivity index (χ1n) is 7.73. The smallest absolute Gasteiger partial charge is 0.421 e. The number of alkyl halides is 3. The second-order valence-corrected chi connectivity index (χ2v) is 6.66. The fraction of sp³-hybridized carbons (Fsp3) is 0.111. The summed E-state index contributed by atoms with van der Waals surface area (Å²) in [5, 5.41) is 5.60. The Kier molecular flexibility index (Phi) is 5.68. The van der Waals surface area contributed by atoms with Crippen LogP contribution in [0.3, 0.4) is 0 Å². The van der Waals surface area contributed by atoms with Gasteiger partial charge in [0.05, 0.1) is 12.8 Å². The van der Waals surface area contributed by atoms with Gasteiger partial charge in [-0.05, 0) is 59.0 Å². The molecule has 3 rings (SSSR count). The van der Waals surface area contributed by atoms with Crippen LogP contribution in [-0.2, 0) is 6.18 Å². The molecule has 0 saturated heterocycles. The number of hydrogen-bond donors (Lipinski definition) is 2. The Hall–Kier alpha value is -2.56. The van der Waals surface area contributed by atoms with Crippen LogP contribution in [0.2, 0.25) is 0 Å². The number of halogens is 4. The maximum Gasteiger partial charge on any atom is 0.421 e. The SMILES string of the molecule is COc1ccccc1Nc1nc(Nc2ccc(I)cc2)ncc1C(F)(F)F. The van der Waals surface area contributed by atoms with Crippen molar-refractivity contribution in [3.63, 3.8) is 0 Å². The minimum Gasteiger partial charge on any atom is -0.495 e. The van der Waals surface area contributed by atoms with Crippen molar-refractivity contribution >= 4 is 45.7 Å². The molecule has 0 radical (unpaired) electrons. The van der Waals surface area contributed by atoms with Crippen LogP contribution in [0.25, 0.3) is 0 Å². The van der Waals surface area contributed by atoms with Crippen molar-refractivity contribution in [3.05, 3.63) is 63.9 Å². The Morgan fingerprint density at radius 1 is 1.00 bits per heavy atom. The van der Waals surface area contributed by atoms with E-state index in [9.17, 15) is 13.2 Å². The molecule has 0 aliphatic heterocycles. The number of aromatic nitrogens is 2. The Morgan fingerprint density at radius 2 is 1.70 bits per heavy atom. The first kappa shape index (κ1) is 19.2. The van der Waals surface area contributed by atoms with Crippen molar-refractivity contribution in [2.45, 2.75) is 6.18 Å². The molecule has 0 spiro atoms. The van der Waals surface area contributed by atoms with Crippen molar-refractivity contribution in [3.8, 4) is 5.75 Å². The summed E-state index contributed by atoms with van der Waals surface area (Å²) in [7, 11) is 1.44. The highest BCUT2D eigenvalue weighted by atomic mass is 127. The second-order valence-electron chi connectivity index (χ2n) is 5.41. The van der Waals surface area contributed by atoms with Gasteiger partial charge in [-0.2, -0.15) is 18.2 Å². The van der Waals surface area contributed by atoms with Crippen LogP contribution in [0.4, 0.5) is 36.3 Å². The summed E-state index contributed by atoms with van der Waals surface area (Å²) in [5.74, 6) is 0.0769. The van der Waals surface area contributed by atoms with Gasteiger partial charge in [-0.25, -0.2) is 4.98 Å². The normalized spacial score (nSPS) is 11.1. The molecule has 140 valence electrons. The fourth-order valence-electron chi connectivity index (χ4n) is 2.28. The zero-order chi connectivity index (χ0) is 19.4. The Bertz CT molecular complexity index is 933. The van der Waals surface area contributed by atoms with E-state index in [2.05, 4.69) is 43.2 Å². The van der Waals surface area contributed by atoms with Crippen LogP contribution in [0.15, 0.2) is 54.7 Å². The van der Waals surface area contributed by atoms with Crippen molar-refractivity contribution in [1.29, 1.82) is 0 Å². The molecule has 0 bridgehead atoms. The average Bonchev–Trinajstić information content (AvgIpc) is 2.63. The van der Waals surface area contributed by atoms with Crippen molar-refractivity contribution in [2.24, 2.45) is 0 Å². The number of rotatable bonds is 5. The number of nitrogens with zero attached hydrogens (tertiary/aromatic N) is 2. The molecule has 2 aromatic carbocycles. The van der Waals surface area contributed by atoms with Gasteiger partial charge in [0, 0.05) is 15.5 Å². The first-order valence-corrected chi connectivity index (χ1v) is 8.81. The molecule has 0 amide bonds. The molecule has 1 aromatic heterocycles. The van der Waals surface area contributed by atoms with Crippen molar-refractivity contribution in [2.75, 3.05) is 17.7 Å². The molecule has 0 aliphatic rings. The van der Waals surface area contributed by atoms with E-state index >= 15 is 0 Å². The van der Waals surface area contributed by atoms with Gasteiger partial charge in [0.25, 0.3) is 0 Å². The molecule has 0 saturated carbocycles. The summed E-state index contributed by atoms with van der Waals surface area (Å²) in [6.45, 7) is 0. The first-order chi connectivity index (χ1) is 12.9. The van der Waals surface area contributed by atoms with E-state index < -0.39 is 11.7 Å². The Labute approximate surface area is 167 Å². The van der Waals surface area contributed by atoms with E-state index in [1.54, 1.807) is 36.4 Å². The lowest BCUT2D eigenvalue weighted by molar-refractivity contribution is -0.137. The number of anilines is 4. The summed E-state index contributed by atoms with van der Waals surface area (Å²) in [4.78, 5) is 7.81. The third-order valence-electron chi connectivity index (χ3n) is 3.55. The van der Waals surface area contributed by atoms with Crippen LogP contribution >= 0.6 is 22.6 Å². The van der Waals surface area contributed by atoms with E-state index in [1.165, 1.54) is 7.11 Å². The van der Waals surface area contributed by atoms with Crippen LogP contribution in [-0.4, -0.2) is 17.1 Å². The number of nitrogens with one attached hydrogen (secondary N) is 2. The molecular formula is C18H14F3IN4O. The van der Waals surface area contributed by atoms with Crippen LogP contribution in [0.1, 0.15) is 5.56 Å². The van der Waals surface area contributed by atoms with E-state index in [0.717, 1.165) is 9.77 Å². The molecule has 9 heteroatoms. The van der Waals surface area contributed by atoms with Crippen LogP contribution < -0.4 is 15.4 Å². The summed E-state index contributed by atoms with van der Waals surface area (Å²) in [6.07, 6.45) is -3.86. The molecule has 0 aliphatic carbocycles. The topological polar surface area (TPSA) is 59.1 Å². The highest BCUT2D eigenvalue weighted by Crippen LogP contribution is 2.36. The molecule has 3 aromatic rings. The lowest BCUT2D eigenvalue weighted by atomic mass is 10.2. The summed E-state index contributed by atoms with van der Waals surface area (Å²) >= 11 is 2.16. The number of ether oxygens (including phenoxy) is 1. The molecule has 2 N–H and O–H groups in total. The highest BCUT2D eigenvalue weighted by molar-refractivity contribution is 14.1. The Balaban J connectivity index is 1.97. The van der Waals surface area contributed by atoms with E-state index in [1.807, 2.05) is 12.1 Å². The van der Waals surface area contributed by atoms with Crippen molar-refractivity contribution < 1.29 is 17.9 Å². The second kappa shape index (κ2) is 7.99. The molecule has 5 nitrogen and oxygen atoms in total. The van der Waals surface area contributed by atoms with Gasteiger partial charge in [0.1, 0.15) is 17.1 Å². The quantitative estimate of drug-likeness (QED) is 0.461. The lowest BCUT2D eigenvalue weighted by Crippen LogP contribution is -2.13. The molecule has 0 unspecified atom stereocenters. The maximum atomic E-state index is 13.4. The predicted octanol–water partition coefficient (Wildman–Crippen LogP) is 5.60. The third kappa shape index (κ3) is 4.79. The standard InChI is InChI=1S/C18H14F3IN4O/c1-27-15-5-3-2-4-14(15)25-16-13(18(19,20)21)10-23-17(26-16)24-12-8-6-11(22)7-9-12/h2-10H,1H3,(H2,23,24,25,26). The molecule has 0 fully saturated rings. The number of methoxy groups -OCH3 is 1. The fourth-order valence-corrected chi connectivity index (χ4v) is 2.64. The highest BCUT2D eigenvalue weighted by Gasteiger charge is 2.35. The summed E-state index contributed by atoms with van der Waals surface area (Å²) in [6, 6.07) is 13.9. The summed E-state index contributed by atoms with van der Waals surface area (Å²) < 4.78 is 46.3. The number of para-hydroxylation sites is 2. The van der Waals surface area contributed by atoms with Gasteiger partial charge in [-0.15, -0.1) is 0 Å². The van der Waals surface area contributed by atoms with Crippen LogP contribution in [0, 0.1) is 3.57 Å². The Morgan fingerprint density at radius 3 is 2.37 bits per heavy atom. The minimum atomic E-state index is -4.61. The monoisotopic (exact) mass is 486 g/mol. The molecular weight excluding hydrogens is 472 g/mol. The van der Waals surface area contributed by atoms with Crippen molar-refractivity contribution in [1.82, 2.24) is 9.97 Å². The zero-order valence-corrected chi connectivity index (χ0v) is 16.2. The van der Waals surface area contributed by atoms with Gasteiger partial charge in [-0.3, -0.25) is 0 Å².